The monoisotopic (exact) mass is 679 g/mol. The first-order chi connectivity index (χ1) is 22.7. The SMILES string of the molecule is C[C@H]1CN(C(=O)OC(C)(C)C)[C@H](c2ccc(-n3c(Cl)cc4c(=O)n(CC5(O)CCN(C(=O)c6ccccc6F)CC5)cnc43)cc2)CO1. The zero-order valence-electron chi connectivity index (χ0n) is 27.4. The molecule has 4 heterocycles. The second-order valence-corrected chi connectivity index (χ2v) is 14.0. The smallest absolute Gasteiger partial charge is 0.410 e. The predicted molar refractivity (Wildman–Crippen MR) is 178 cm³/mol. The number of likely N-dealkylation sites (tertiary alicyclic amines) is 1. The van der Waals surface area contributed by atoms with Crippen molar-refractivity contribution in [2.75, 3.05) is 26.2 Å². The molecule has 2 saturated heterocycles. The van der Waals surface area contributed by atoms with Crippen molar-refractivity contribution in [2.45, 2.75) is 70.4 Å². The quantitative estimate of drug-likeness (QED) is 0.302. The lowest BCUT2D eigenvalue weighted by Gasteiger charge is -2.39. The van der Waals surface area contributed by atoms with Crippen molar-refractivity contribution < 1.29 is 28.6 Å². The van der Waals surface area contributed by atoms with E-state index in [1.54, 1.807) is 21.6 Å². The van der Waals surface area contributed by atoms with E-state index in [0.717, 1.165) is 5.56 Å². The minimum absolute atomic E-state index is 0.00903. The molecule has 48 heavy (non-hydrogen) atoms. The van der Waals surface area contributed by atoms with Crippen LogP contribution in [0.1, 0.15) is 62.5 Å². The number of fused-ring (bicyclic) bond motifs is 1. The van der Waals surface area contributed by atoms with Crippen molar-refractivity contribution >= 4 is 34.6 Å². The molecule has 0 aliphatic carbocycles. The molecule has 0 bridgehead atoms. The van der Waals surface area contributed by atoms with Crippen molar-refractivity contribution in [3.8, 4) is 5.69 Å². The van der Waals surface area contributed by atoms with E-state index in [1.807, 2.05) is 52.0 Å². The summed E-state index contributed by atoms with van der Waals surface area (Å²) >= 11 is 6.66. The van der Waals surface area contributed by atoms with E-state index in [0.29, 0.717) is 24.5 Å². The summed E-state index contributed by atoms with van der Waals surface area (Å²) in [4.78, 5) is 47.2. The molecule has 0 unspecified atom stereocenters. The largest absolute Gasteiger partial charge is 0.444 e. The molecule has 1 N–H and O–H groups in total. The van der Waals surface area contributed by atoms with Crippen molar-refractivity contribution in [3.63, 3.8) is 0 Å². The number of hydrogen-bond donors (Lipinski definition) is 1. The van der Waals surface area contributed by atoms with Gasteiger partial charge in [0.05, 0.1) is 48.4 Å². The summed E-state index contributed by atoms with van der Waals surface area (Å²) < 4.78 is 28.7. The number of aromatic nitrogens is 3. The van der Waals surface area contributed by atoms with E-state index in [1.165, 1.54) is 34.0 Å². The minimum Gasteiger partial charge on any atom is -0.444 e. The number of carbonyl (C=O) groups excluding carboxylic acids is 2. The average Bonchev–Trinajstić information content (AvgIpc) is 3.38. The molecule has 2 fully saturated rings. The molecule has 0 saturated carbocycles. The number of hydrogen-bond acceptors (Lipinski definition) is 7. The molecule has 11 nitrogen and oxygen atoms in total. The average molecular weight is 680 g/mol. The zero-order valence-corrected chi connectivity index (χ0v) is 28.1. The number of carbonyl (C=O) groups is 2. The third kappa shape index (κ3) is 6.83. The molecule has 4 aromatic rings. The van der Waals surface area contributed by atoms with Gasteiger partial charge in [-0.2, -0.15) is 0 Å². The highest BCUT2D eigenvalue weighted by Gasteiger charge is 2.36. The van der Waals surface area contributed by atoms with Crippen molar-refractivity contribution in [1.29, 1.82) is 0 Å². The number of piperidine rings is 1. The number of amides is 2. The first-order valence-electron chi connectivity index (χ1n) is 16.0. The highest BCUT2D eigenvalue weighted by molar-refractivity contribution is 6.31. The Kier molecular flexibility index (Phi) is 9.10. The highest BCUT2D eigenvalue weighted by Crippen LogP contribution is 2.31. The Morgan fingerprint density at radius 3 is 2.48 bits per heavy atom. The van der Waals surface area contributed by atoms with Gasteiger partial charge in [-0.05, 0) is 76.4 Å². The van der Waals surface area contributed by atoms with Gasteiger partial charge in [-0.3, -0.25) is 23.6 Å². The maximum absolute atomic E-state index is 14.2. The van der Waals surface area contributed by atoms with Crippen molar-refractivity contribution in [3.05, 3.63) is 93.4 Å². The molecule has 2 aliphatic heterocycles. The van der Waals surface area contributed by atoms with Gasteiger partial charge in [0.1, 0.15) is 22.9 Å². The first-order valence-corrected chi connectivity index (χ1v) is 16.3. The number of benzene rings is 2. The van der Waals surface area contributed by atoms with Gasteiger partial charge in [0.15, 0.2) is 5.65 Å². The van der Waals surface area contributed by atoms with E-state index in [2.05, 4.69) is 4.98 Å². The Labute approximate surface area is 282 Å². The highest BCUT2D eigenvalue weighted by atomic mass is 35.5. The Morgan fingerprint density at radius 1 is 1.12 bits per heavy atom. The summed E-state index contributed by atoms with van der Waals surface area (Å²) in [6.07, 6.45) is 1.28. The Morgan fingerprint density at radius 2 is 1.81 bits per heavy atom. The second kappa shape index (κ2) is 13.0. The summed E-state index contributed by atoms with van der Waals surface area (Å²) in [5, 5.41) is 11.9. The summed E-state index contributed by atoms with van der Waals surface area (Å²) in [7, 11) is 0. The number of aliphatic hydroxyl groups is 1. The van der Waals surface area contributed by atoms with Crippen LogP contribution >= 0.6 is 11.6 Å². The van der Waals surface area contributed by atoms with Gasteiger partial charge in [-0.1, -0.05) is 35.9 Å². The van der Waals surface area contributed by atoms with Gasteiger partial charge in [0, 0.05) is 18.8 Å². The zero-order chi connectivity index (χ0) is 34.4. The topological polar surface area (TPSA) is 119 Å². The molecule has 0 spiro atoms. The molecule has 2 atom stereocenters. The van der Waals surface area contributed by atoms with Crippen LogP contribution in [0, 0.1) is 5.82 Å². The number of nitrogens with zero attached hydrogens (tertiary/aromatic N) is 5. The normalized spacial score (nSPS) is 19.8. The standard InChI is InChI=1S/C35H39ClFN5O6/c1-22-18-41(33(45)48-34(2,3)4)28(19-47-22)23-9-11-24(12-10-23)42-29(36)17-26-30(42)38-21-40(32(26)44)20-35(46)13-15-39(16-14-35)31(43)25-7-5-6-8-27(25)37/h5-12,17,21-22,28,46H,13-16,18-20H2,1-4H3/t22-,28-/m0/s1. The summed E-state index contributed by atoms with van der Waals surface area (Å²) in [6, 6.07) is 14.5. The predicted octanol–water partition coefficient (Wildman–Crippen LogP) is 5.34. The van der Waals surface area contributed by atoms with Crippen LogP contribution in [0.4, 0.5) is 9.18 Å². The fourth-order valence-electron chi connectivity index (χ4n) is 6.30. The lowest BCUT2D eigenvalue weighted by atomic mass is 9.91. The molecular formula is C35H39ClFN5O6. The molecule has 0 radical (unpaired) electrons. The van der Waals surface area contributed by atoms with Gasteiger partial charge in [-0.25, -0.2) is 14.2 Å². The maximum atomic E-state index is 14.2. The molecule has 6 rings (SSSR count). The lowest BCUT2D eigenvalue weighted by molar-refractivity contribution is -0.0644. The van der Waals surface area contributed by atoms with E-state index in [4.69, 9.17) is 21.1 Å². The first kappa shape index (κ1) is 33.6. The molecule has 2 aromatic carbocycles. The second-order valence-electron chi connectivity index (χ2n) is 13.6. The molecule has 13 heteroatoms. The van der Waals surface area contributed by atoms with Crippen molar-refractivity contribution in [2.24, 2.45) is 0 Å². The van der Waals surface area contributed by atoms with Gasteiger partial charge >= 0.3 is 6.09 Å². The van der Waals surface area contributed by atoms with Crippen LogP contribution < -0.4 is 5.56 Å². The minimum atomic E-state index is -1.26. The van der Waals surface area contributed by atoms with Crippen molar-refractivity contribution in [1.82, 2.24) is 23.9 Å². The molecule has 2 aliphatic rings. The Hall–Kier alpha value is -4.26. The van der Waals surface area contributed by atoms with Gasteiger partial charge in [-0.15, -0.1) is 0 Å². The third-order valence-electron chi connectivity index (χ3n) is 8.82. The van der Waals surface area contributed by atoms with Crippen LogP contribution in [0.15, 0.2) is 65.7 Å². The number of rotatable bonds is 5. The third-order valence-corrected chi connectivity index (χ3v) is 9.10. The van der Waals surface area contributed by atoms with E-state index in [-0.39, 0.29) is 66.3 Å². The van der Waals surface area contributed by atoms with Crippen LogP contribution in [0.2, 0.25) is 5.15 Å². The Bertz CT molecular complexity index is 1890. The van der Waals surface area contributed by atoms with Crippen LogP contribution in [0.25, 0.3) is 16.7 Å². The van der Waals surface area contributed by atoms with E-state index >= 15 is 0 Å². The molecule has 254 valence electrons. The van der Waals surface area contributed by atoms with Crippen LogP contribution in [0.3, 0.4) is 0 Å². The summed E-state index contributed by atoms with van der Waals surface area (Å²) in [5.41, 5.74) is -0.387. The van der Waals surface area contributed by atoms with E-state index < -0.39 is 29.0 Å². The van der Waals surface area contributed by atoms with Crippen LogP contribution in [-0.4, -0.2) is 84.6 Å². The molecular weight excluding hydrogens is 641 g/mol. The molecule has 2 aromatic heterocycles. The summed E-state index contributed by atoms with van der Waals surface area (Å²) in [6.45, 7) is 8.53. The maximum Gasteiger partial charge on any atom is 0.410 e. The number of halogens is 2. The van der Waals surface area contributed by atoms with Gasteiger partial charge < -0.3 is 19.5 Å². The van der Waals surface area contributed by atoms with E-state index in [9.17, 15) is 23.9 Å². The fourth-order valence-corrected chi connectivity index (χ4v) is 6.58. The molecule has 2 amide bonds. The van der Waals surface area contributed by atoms with Gasteiger partial charge in [0.25, 0.3) is 11.5 Å². The lowest BCUT2D eigenvalue weighted by Crippen LogP contribution is -2.49. The summed E-state index contributed by atoms with van der Waals surface area (Å²) in [5.74, 6) is -1.02. The van der Waals surface area contributed by atoms with Crippen LogP contribution in [0.5, 0.6) is 0 Å². The fraction of sp³-hybridized carbons (Fsp3) is 0.429. The van der Waals surface area contributed by atoms with Crippen LogP contribution in [-0.2, 0) is 16.0 Å². The van der Waals surface area contributed by atoms with Gasteiger partial charge in [0.2, 0.25) is 0 Å². The Balaban J connectivity index is 1.19. The number of ether oxygens (including phenoxy) is 2. The number of morpholine rings is 1.